The van der Waals surface area contributed by atoms with Gasteiger partial charge in [-0.25, -0.2) is 0 Å². The molecule has 0 saturated heterocycles. The Kier molecular flexibility index (Phi) is 41.1. The van der Waals surface area contributed by atoms with Crippen molar-refractivity contribution >= 4 is 11.9 Å². The van der Waals surface area contributed by atoms with Crippen LogP contribution >= 0.6 is 0 Å². The molecule has 6 heteroatoms. The Morgan fingerprint density at radius 1 is 0.472 bits per heavy atom. The molecule has 6 nitrogen and oxygen atoms in total. The normalized spacial score (nSPS) is 13.2. The van der Waals surface area contributed by atoms with Gasteiger partial charge in [-0.05, 0) is 25.7 Å². The van der Waals surface area contributed by atoms with Crippen molar-refractivity contribution in [1.82, 2.24) is 5.32 Å². The molecule has 0 aromatic heterocycles. The van der Waals surface area contributed by atoms with Crippen LogP contribution in [0.25, 0.3) is 0 Å². The first kappa shape index (κ1) is 51.9. The van der Waals surface area contributed by atoms with E-state index in [1.807, 2.05) is 0 Å². The second-order valence-corrected chi connectivity index (χ2v) is 16.5. The lowest BCUT2D eigenvalue weighted by Crippen LogP contribution is -2.46. The SMILES string of the molecule is CCCCCCCCCCCCCCCC(=O)OC(CCCCCCCCCCCCC)CC(=O)NC(CO)C(O)CCCCCCCCCCCC. The summed E-state index contributed by atoms with van der Waals surface area (Å²) in [5.41, 5.74) is 0. The number of aliphatic hydroxyl groups is 2. The molecule has 0 rings (SSSR count). The molecule has 0 heterocycles. The van der Waals surface area contributed by atoms with Crippen LogP contribution in [-0.4, -0.2) is 46.9 Å². The van der Waals surface area contributed by atoms with E-state index in [-0.39, 0.29) is 24.9 Å². The number of hydrogen-bond acceptors (Lipinski definition) is 5. The standard InChI is InChI=1S/C47H93NO5/c1-4-7-10-13-16-19-22-23-25-28-31-34-37-40-47(52)53-43(38-35-32-29-26-24-20-17-14-11-8-5-2)41-46(51)48-44(42-49)45(50)39-36-33-30-27-21-18-15-12-9-6-3/h43-45,49-50H,4-42H2,1-3H3,(H,48,51). The zero-order chi connectivity index (χ0) is 38.9. The summed E-state index contributed by atoms with van der Waals surface area (Å²) < 4.78 is 5.91. The summed E-state index contributed by atoms with van der Waals surface area (Å²) in [6.45, 7) is 6.48. The van der Waals surface area contributed by atoms with E-state index in [1.165, 1.54) is 180 Å². The first-order valence-electron chi connectivity index (χ1n) is 23.8. The van der Waals surface area contributed by atoms with Gasteiger partial charge in [-0.15, -0.1) is 0 Å². The van der Waals surface area contributed by atoms with E-state index in [1.54, 1.807) is 0 Å². The molecule has 0 aliphatic heterocycles. The summed E-state index contributed by atoms with van der Waals surface area (Å²) in [6.07, 6.45) is 43.0. The Morgan fingerprint density at radius 3 is 1.15 bits per heavy atom. The molecule has 0 saturated carbocycles. The Bertz CT molecular complexity index is 761. The minimum atomic E-state index is -0.777. The molecule has 0 bridgehead atoms. The number of unbranched alkanes of at least 4 members (excludes halogenated alkanes) is 31. The van der Waals surface area contributed by atoms with Crippen molar-refractivity contribution in [1.29, 1.82) is 0 Å². The molecular weight excluding hydrogens is 659 g/mol. The maximum atomic E-state index is 13.1. The van der Waals surface area contributed by atoms with Crippen LogP contribution in [-0.2, 0) is 14.3 Å². The third kappa shape index (κ3) is 37.6. The first-order valence-corrected chi connectivity index (χ1v) is 23.8. The van der Waals surface area contributed by atoms with Crippen LogP contribution in [0.3, 0.4) is 0 Å². The zero-order valence-corrected chi connectivity index (χ0v) is 35.9. The summed E-state index contributed by atoms with van der Waals surface area (Å²) in [7, 11) is 0. The molecular formula is C47H93NO5. The molecule has 0 aromatic rings. The third-order valence-corrected chi connectivity index (χ3v) is 11.2. The van der Waals surface area contributed by atoms with Gasteiger partial charge in [0, 0.05) is 6.42 Å². The Balaban J connectivity index is 4.52. The molecule has 53 heavy (non-hydrogen) atoms. The smallest absolute Gasteiger partial charge is 0.306 e. The number of aliphatic hydroxyl groups excluding tert-OH is 2. The maximum Gasteiger partial charge on any atom is 0.306 e. The monoisotopic (exact) mass is 752 g/mol. The van der Waals surface area contributed by atoms with Crippen LogP contribution in [0.5, 0.6) is 0 Å². The van der Waals surface area contributed by atoms with Crippen molar-refractivity contribution in [3.05, 3.63) is 0 Å². The fourth-order valence-corrected chi connectivity index (χ4v) is 7.55. The van der Waals surface area contributed by atoms with Crippen LogP contribution in [0, 0.1) is 0 Å². The molecule has 0 radical (unpaired) electrons. The molecule has 0 aromatic carbocycles. The van der Waals surface area contributed by atoms with Gasteiger partial charge in [0.1, 0.15) is 6.10 Å². The van der Waals surface area contributed by atoms with Crippen LogP contribution in [0.1, 0.15) is 265 Å². The molecule has 3 N–H and O–H groups in total. The predicted octanol–water partition coefficient (Wildman–Crippen LogP) is 13.6. The van der Waals surface area contributed by atoms with E-state index in [0.717, 1.165) is 38.5 Å². The molecule has 1 amide bonds. The highest BCUT2D eigenvalue weighted by molar-refractivity contribution is 5.77. The number of ether oxygens (including phenoxy) is 1. The Hall–Kier alpha value is -1.14. The zero-order valence-electron chi connectivity index (χ0n) is 35.9. The van der Waals surface area contributed by atoms with Crippen LogP contribution in [0.4, 0.5) is 0 Å². The third-order valence-electron chi connectivity index (χ3n) is 11.2. The quantitative estimate of drug-likeness (QED) is 0.0426. The van der Waals surface area contributed by atoms with Gasteiger partial charge >= 0.3 is 5.97 Å². The van der Waals surface area contributed by atoms with Crippen LogP contribution in [0.15, 0.2) is 0 Å². The van der Waals surface area contributed by atoms with Gasteiger partial charge in [0.25, 0.3) is 0 Å². The van der Waals surface area contributed by atoms with Gasteiger partial charge in [-0.3, -0.25) is 9.59 Å². The minimum absolute atomic E-state index is 0.0869. The predicted molar refractivity (Wildman–Crippen MR) is 227 cm³/mol. The summed E-state index contributed by atoms with van der Waals surface area (Å²) in [5.74, 6) is -0.457. The highest BCUT2D eigenvalue weighted by Crippen LogP contribution is 2.18. The van der Waals surface area contributed by atoms with Crippen molar-refractivity contribution in [2.75, 3.05) is 6.61 Å². The van der Waals surface area contributed by atoms with Gasteiger partial charge in [0.15, 0.2) is 0 Å². The fraction of sp³-hybridized carbons (Fsp3) is 0.957. The molecule has 0 fully saturated rings. The number of hydrogen-bond donors (Lipinski definition) is 3. The molecule has 316 valence electrons. The Morgan fingerprint density at radius 2 is 0.792 bits per heavy atom. The molecule has 3 unspecified atom stereocenters. The van der Waals surface area contributed by atoms with E-state index in [2.05, 4.69) is 26.1 Å². The number of nitrogens with one attached hydrogen (secondary N) is 1. The van der Waals surface area contributed by atoms with Crippen molar-refractivity contribution in [2.45, 2.75) is 283 Å². The highest BCUT2D eigenvalue weighted by atomic mass is 16.5. The molecule has 0 aliphatic rings. The molecule has 3 atom stereocenters. The number of esters is 1. The average molecular weight is 752 g/mol. The number of carbonyl (C=O) groups is 2. The maximum absolute atomic E-state index is 13.1. The second kappa shape index (κ2) is 42.0. The summed E-state index contributed by atoms with van der Waals surface area (Å²) in [5, 5.41) is 23.6. The minimum Gasteiger partial charge on any atom is -0.462 e. The number of amides is 1. The fourth-order valence-electron chi connectivity index (χ4n) is 7.55. The van der Waals surface area contributed by atoms with E-state index >= 15 is 0 Å². The van der Waals surface area contributed by atoms with Gasteiger partial charge in [0.2, 0.25) is 5.91 Å². The number of carbonyl (C=O) groups excluding carboxylic acids is 2. The number of rotatable bonds is 43. The Labute approximate surface area is 330 Å². The van der Waals surface area contributed by atoms with Crippen molar-refractivity contribution < 1.29 is 24.5 Å². The van der Waals surface area contributed by atoms with Gasteiger partial charge in [-0.2, -0.15) is 0 Å². The summed E-state index contributed by atoms with van der Waals surface area (Å²) in [6, 6.07) is -0.690. The summed E-state index contributed by atoms with van der Waals surface area (Å²) >= 11 is 0. The lowest BCUT2D eigenvalue weighted by molar-refractivity contribution is -0.151. The van der Waals surface area contributed by atoms with Gasteiger partial charge in [-0.1, -0.05) is 226 Å². The lowest BCUT2D eigenvalue weighted by atomic mass is 10.0. The second-order valence-electron chi connectivity index (χ2n) is 16.5. The highest BCUT2D eigenvalue weighted by Gasteiger charge is 2.24. The van der Waals surface area contributed by atoms with E-state index in [0.29, 0.717) is 19.3 Å². The molecule has 0 aliphatic carbocycles. The van der Waals surface area contributed by atoms with Crippen LogP contribution in [0.2, 0.25) is 0 Å². The average Bonchev–Trinajstić information content (AvgIpc) is 3.15. The van der Waals surface area contributed by atoms with Crippen molar-refractivity contribution in [3.63, 3.8) is 0 Å². The van der Waals surface area contributed by atoms with Crippen LogP contribution < -0.4 is 5.32 Å². The first-order chi connectivity index (χ1) is 26.0. The van der Waals surface area contributed by atoms with Gasteiger partial charge in [0.05, 0.1) is 25.2 Å². The van der Waals surface area contributed by atoms with Crippen molar-refractivity contribution in [2.24, 2.45) is 0 Å². The van der Waals surface area contributed by atoms with Crippen molar-refractivity contribution in [3.8, 4) is 0 Å². The van der Waals surface area contributed by atoms with Gasteiger partial charge < -0.3 is 20.3 Å². The molecule has 0 spiro atoms. The largest absolute Gasteiger partial charge is 0.462 e. The topological polar surface area (TPSA) is 95.9 Å². The van der Waals surface area contributed by atoms with E-state index < -0.39 is 18.2 Å². The lowest BCUT2D eigenvalue weighted by Gasteiger charge is -2.24. The van der Waals surface area contributed by atoms with E-state index in [9.17, 15) is 19.8 Å². The summed E-state index contributed by atoms with van der Waals surface area (Å²) in [4.78, 5) is 26.0. The van der Waals surface area contributed by atoms with E-state index in [4.69, 9.17) is 4.74 Å².